The van der Waals surface area contributed by atoms with E-state index in [0.717, 1.165) is 17.4 Å². The zero-order chi connectivity index (χ0) is 21.9. The maximum atomic E-state index is 12.3. The van der Waals surface area contributed by atoms with E-state index >= 15 is 0 Å². The van der Waals surface area contributed by atoms with Gasteiger partial charge in [0.05, 0.1) is 27.7 Å². The van der Waals surface area contributed by atoms with E-state index < -0.39 is 10.0 Å². The number of hydrogen-bond donors (Lipinski definition) is 1. The molecule has 0 aliphatic heterocycles. The number of carbonyl (C=O) groups is 1. The molecule has 30 heavy (non-hydrogen) atoms. The molecule has 0 fully saturated rings. The maximum Gasteiger partial charge on any atom is 0.231 e. The highest BCUT2D eigenvalue weighted by Gasteiger charge is 2.13. The fraction of sp³-hybridized carbons (Fsp3) is 0.200. The number of sulfonamides is 1. The number of hydrogen-bond acceptors (Lipinski definition) is 5. The molecule has 2 aromatic carbocycles. The van der Waals surface area contributed by atoms with Gasteiger partial charge in [0, 0.05) is 24.4 Å². The molecule has 3 aromatic rings. The van der Waals surface area contributed by atoms with E-state index in [1.54, 1.807) is 36.4 Å². The van der Waals surface area contributed by atoms with Crippen LogP contribution in [0.15, 0.2) is 47.8 Å². The van der Waals surface area contributed by atoms with Gasteiger partial charge in [0.15, 0.2) is 5.13 Å². The molecular weight excluding hydrogens is 465 g/mol. The number of amides is 1. The lowest BCUT2D eigenvalue weighted by Gasteiger charge is -2.16. The van der Waals surface area contributed by atoms with E-state index in [1.165, 1.54) is 22.7 Å². The highest BCUT2D eigenvalue weighted by atomic mass is 35.5. The molecule has 0 aliphatic rings. The fourth-order valence-electron chi connectivity index (χ4n) is 2.67. The summed E-state index contributed by atoms with van der Waals surface area (Å²) >= 11 is 13.5. The second kappa shape index (κ2) is 9.34. The summed E-state index contributed by atoms with van der Waals surface area (Å²) in [5.74, 6) is -0.169. The average Bonchev–Trinajstić information content (AvgIpc) is 3.16. The van der Waals surface area contributed by atoms with Gasteiger partial charge in [0.2, 0.25) is 15.9 Å². The molecule has 0 saturated heterocycles. The van der Waals surface area contributed by atoms with Crippen molar-refractivity contribution < 1.29 is 13.2 Å². The Bertz CT molecular complexity index is 1160. The first-order valence-corrected chi connectivity index (χ1v) is 12.4. The normalized spacial score (nSPS) is 11.3. The van der Waals surface area contributed by atoms with Crippen LogP contribution >= 0.6 is 34.5 Å². The van der Waals surface area contributed by atoms with Gasteiger partial charge in [-0.1, -0.05) is 47.5 Å². The van der Waals surface area contributed by atoms with Gasteiger partial charge in [-0.05, 0) is 30.2 Å². The largest absolute Gasteiger partial charge is 0.302 e. The van der Waals surface area contributed by atoms with Crippen LogP contribution in [-0.4, -0.2) is 32.6 Å². The molecule has 1 heterocycles. The molecule has 1 N–H and O–H groups in total. The zero-order valence-electron chi connectivity index (χ0n) is 16.2. The van der Waals surface area contributed by atoms with Crippen LogP contribution in [0.1, 0.15) is 12.0 Å². The lowest BCUT2D eigenvalue weighted by molar-refractivity contribution is -0.116. The number of aromatic nitrogens is 1. The quantitative estimate of drug-likeness (QED) is 0.507. The third-order valence-corrected chi connectivity index (χ3v) is 7.25. The first-order chi connectivity index (χ1) is 14.1. The predicted octanol–water partition coefficient (Wildman–Crippen LogP) is 5.08. The van der Waals surface area contributed by atoms with Crippen molar-refractivity contribution in [3.05, 3.63) is 63.5 Å². The van der Waals surface area contributed by atoms with E-state index in [0.29, 0.717) is 33.0 Å². The average molecular weight is 484 g/mol. The summed E-state index contributed by atoms with van der Waals surface area (Å²) in [7, 11) is -1.82. The lowest BCUT2D eigenvalue weighted by Crippen LogP contribution is -2.24. The summed E-state index contributed by atoms with van der Waals surface area (Å²) in [5.41, 5.74) is 2.90. The van der Waals surface area contributed by atoms with Crippen LogP contribution in [0.4, 0.5) is 10.8 Å². The van der Waals surface area contributed by atoms with Crippen LogP contribution in [0, 0.1) is 0 Å². The van der Waals surface area contributed by atoms with Gasteiger partial charge >= 0.3 is 0 Å². The van der Waals surface area contributed by atoms with Crippen LogP contribution in [0.25, 0.3) is 11.3 Å². The zero-order valence-corrected chi connectivity index (χ0v) is 19.4. The summed E-state index contributed by atoms with van der Waals surface area (Å²) in [4.78, 5) is 16.7. The van der Waals surface area contributed by atoms with Crippen LogP contribution < -0.4 is 9.62 Å². The number of anilines is 2. The third kappa shape index (κ3) is 5.51. The van der Waals surface area contributed by atoms with Crippen LogP contribution in [0.3, 0.4) is 0 Å². The molecule has 1 aromatic heterocycles. The summed E-state index contributed by atoms with van der Waals surface area (Å²) in [6.45, 7) is 0. The number of benzene rings is 2. The Balaban J connectivity index is 1.62. The molecule has 1 amide bonds. The molecule has 0 atom stereocenters. The number of nitrogens with zero attached hydrogens (tertiary/aromatic N) is 2. The number of aryl methyl sites for hydroxylation is 1. The topological polar surface area (TPSA) is 79.4 Å². The minimum atomic E-state index is -3.32. The van der Waals surface area contributed by atoms with E-state index in [2.05, 4.69) is 10.3 Å². The van der Waals surface area contributed by atoms with Crippen LogP contribution in [-0.2, 0) is 21.2 Å². The van der Waals surface area contributed by atoms with E-state index in [-0.39, 0.29) is 12.3 Å². The van der Waals surface area contributed by atoms with E-state index in [1.807, 2.05) is 11.4 Å². The fourth-order valence-corrected chi connectivity index (χ4v) is 4.32. The van der Waals surface area contributed by atoms with E-state index in [4.69, 9.17) is 23.2 Å². The molecule has 0 bridgehead atoms. The monoisotopic (exact) mass is 483 g/mol. The van der Waals surface area contributed by atoms with Crippen molar-refractivity contribution in [2.75, 3.05) is 22.9 Å². The minimum Gasteiger partial charge on any atom is -0.302 e. The number of carbonyl (C=O) groups excluding carboxylic acids is 1. The second-order valence-corrected chi connectivity index (χ2v) is 10.2. The SMILES string of the molecule is CN(c1ccc(-c2csc(NC(=O)CCc3cccc(Cl)c3Cl)n2)cc1)S(C)(=O)=O. The van der Waals surface area contributed by atoms with Crippen molar-refractivity contribution in [2.45, 2.75) is 12.8 Å². The first-order valence-electron chi connectivity index (χ1n) is 8.88. The Kier molecular flexibility index (Phi) is 7.02. The van der Waals surface area contributed by atoms with Gasteiger partial charge in [0.25, 0.3) is 0 Å². The standard InChI is InChI=1S/C20H19Cl2N3O3S2/c1-25(30(2,27)28)15-9-6-13(7-10-15)17-12-29-20(23-17)24-18(26)11-8-14-4-3-5-16(21)19(14)22/h3-7,9-10,12H,8,11H2,1-2H3,(H,23,24,26). The van der Waals surface area contributed by atoms with Crippen molar-refractivity contribution in [1.29, 1.82) is 0 Å². The molecular formula is C20H19Cl2N3O3S2. The van der Waals surface area contributed by atoms with Gasteiger partial charge in [-0.2, -0.15) is 0 Å². The van der Waals surface area contributed by atoms with Crippen molar-refractivity contribution in [3.63, 3.8) is 0 Å². The van der Waals surface area contributed by atoms with Gasteiger partial charge < -0.3 is 5.32 Å². The van der Waals surface area contributed by atoms with Crippen LogP contribution in [0.2, 0.25) is 10.0 Å². The Labute approximate surface area is 189 Å². The van der Waals surface area contributed by atoms with Gasteiger partial charge in [-0.25, -0.2) is 13.4 Å². The molecule has 10 heteroatoms. The Hall–Kier alpha value is -2.13. The van der Waals surface area contributed by atoms with Gasteiger partial charge in [-0.15, -0.1) is 11.3 Å². The Morgan fingerprint density at radius 1 is 1.17 bits per heavy atom. The molecule has 6 nitrogen and oxygen atoms in total. The third-order valence-electron chi connectivity index (χ3n) is 4.43. The lowest BCUT2D eigenvalue weighted by atomic mass is 10.1. The summed E-state index contributed by atoms with van der Waals surface area (Å²) < 4.78 is 24.5. The molecule has 0 aliphatic carbocycles. The first kappa shape index (κ1) is 22.6. The summed E-state index contributed by atoms with van der Waals surface area (Å²) in [5, 5.41) is 6.04. The number of halogens is 2. The Morgan fingerprint density at radius 3 is 2.53 bits per heavy atom. The van der Waals surface area contributed by atoms with Crippen molar-refractivity contribution in [1.82, 2.24) is 4.98 Å². The smallest absolute Gasteiger partial charge is 0.231 e. The molecule has 3 rings (SSSR count). The highest BCUT2D eigenvalue weighted by Crippen LogP contribution is 2.28. The van der Waals surface area contributed by atoms with Gasteiger partial charge in [-0.3, -0.25) is 9.10 Å². The summed E-state index contributed by atoms with van der Waals surface area (Å²) in [6.07, 6.45) is 1.87. The molecule has 0 radical (unpaired) electrons. The Morgan fingerprint density at radius 2 is 1.87 bits per heavy atom. The molecule has 158 valence electrons. The number of thiazole rings is 1. The minimum absolute atomic E-state index is 0.169. The highest BCUT2D eigenvalue weighted by molar-refractivity contribution is 7.92. The molecule has 0 saturated carbocycles. The second-order valence-electron chi connectivity index (χ2n) is 6.58. The number of rotatable bonds is 7. The summed E-state index contributed by atoms with van der Waals surface area (Å²) in [6, 6.07) is 12.3. The predicted molar refractivity (Wildman–Crippen MR) is 124 cm³/mol. The maximum absolute atomic E-state index is 12.3. The molecule has 0 spiro atoms. The van der Waals surface area contributed by atoms with Gasteiger partial charge in [0.1, 0.15) is 0 Å². The number of nitrogens with one attached hydrogen (secondary N) is 1. The van der Waals surface area contributed by atoms with Crippen molar-refractivity contribution >= 4 is 61.3 Å². The molecule has 0 unspecified atom stereocenters. The van der Waals surface area contributed by atoms with E-state index in [9.17, 15) is 13.2 Å². The van der Waals surface area contributed by atoms with Crippen LogP contribution in [0.5, 0.6) is 0 Å². The van der Waals surface area contributed by atoms with Crippen molar-refractivity contribution in [2.24, 2.45) is 0 Å². The van der Waals surface area contributed by atoms with Crippen molar-refractivity contribution in [3.8, 4) is 11.3 Å².